The number of aromatic nitrogens is 2. The molecular formula is C10H16N4O. The Morgan fingerprint density at radius 1 is 1.53 bits per heavy atom. The van der Waals surface area contributed by atoms with Crippen LogP contribution in [-0.4, -0.2) is 33.8 Å². The molecular weight excluding hydrogens is 192 g/mol. The third-order valence-corrected chi connectivity index (χ3v) is 2.60. The molecule has 1 aliphatic heterocycles. The Bertz CT molecular complexity index is 341. The molecule has 5 nitrogen and oxygen atoms in total. The van der Waals surface area contributed by atoms with Crippen LogP contribution in [0, 0.1) is 0 Å². The molecule has 1 N–H and O–H groups in total. The molecule has 1 aromatic heterocycles. The van der Waals surface area contributed by atoms with E-state index in [4.69, 9.17) is 0 Å². The Kier molecular flexibility index (Phi) is 2.89. The summed E-state index contributed by atoms with van der Waals surface area (Å²) < 4.78 is 1.73. The average Bonchev–Trinajstić information content (AvgIpc) is 2.84. The van der Waals surface area contributed by atoms with Crippen molar-refractivity contribution < 1.29 is 4.79 Å². The summed E-state index contributed by atoms with van der Waals surface area (Å²) in [6, 6.07) is 0.0383. The number of carbonyl (C=O) groups is 1. The number of likely N-dealkylation sites (tertiary alicyclic amines) is 1. The molecule has 0 aromatic carbocycles. The summed E-state index contributed by atoms with van der Waals surface area (Å²) in [4.78, 5) is 13.5. The first-order chi connectivity index (χ1) is 7.25. The van der Waals surface area contributed by atoms with E-state index in [1.54, 1.807) is 10.9 Å². The Balaban J connectivity index is 1.80. The minimum Gasteiger partial charge on any atom is -0.334 e. The van der Waals surface area contributed by atoms with Gasteiger partial charge in [-0.05, 0) is 12.8 Å². The number of rotatable bonds is 2. The van der Waals surface area contributed by atoms with Crippen molar-refractivity contribution in [1.82, 2.24) is 20.0 Å². The fourth-order valence-electron chi connectivity index (χ4n) is 1.77. The quantitative estimate of drug-likeness (QED) is 0.778. The molecule has 2 amide bonds. The van der Waals surface area contributed by atoms with Crippen LogP contribution < -0.4 is 5.32 Å². The molecule has 0 aliphatic carbocycles. The van der Waals surface area contributed by atoms with Crippen molar-refractivity contribution in [3.8, 4) is 0 Å². The van der Waals surface area contributed by atoms with Crippen LogP contribution in [0.3, 0.4) is 0 Å². The van der Waals surface area contributed by atoms with Crippen LogP contribution in [0.4, 0.5) is 4.79 Å². The molecule has 0 radical (unpaired) electrons. The molecule has 0 spiro atoms. The van der Waals surface area contributed by atoms with Gasteiger partial charge in [0.25, 0.3) is 0 Å². The summed E-state index contributed by atoms with van der Waals surface area (Å²) in [6.07, 6.45) is 5.93. The number of carbonyl (C=O) groups excluding carboxylic acids is 1. The highest BCUT2D eigenvalue weighted by Gasteiger charge is 2.17. The zero-order valence-electron chi connectivity index (χ0n) is 8.94. The summed E-state index contributed by atoms with van der Waals surface area (Å²) >= 11 is 0. The molecule has 1 aromatic rings. The van der Waals surface area contributed by atoms with Gasteiger partial charge in [0.05, 0.1) is 6.20 Å². The smallest absolute Gasteiger partial charge is 0.317 e. The van der Waals surface area contributed by atoms with E-state index in [9.17, 15) is 4.79 Å². The van der Waals surface area contributed by atoms with Gasteiger partial charge in [-0.3, -0.25) is 4.68 Å². The van der Waals surface area contributed by atoms with E-state index in [1.165, 1.54) is 0 Å². The second kappa shape index (κ2) is 4.33. The highest BCUT2D eigenvalue weighted by Crippen LogP contribution is 2.07. The summed E-state index contributed by atoms with van der Waals surface area (Å²) in [5.41, 5.74) is 1.03. The third kappa shape index (κ3) is 2.49. The molecule has 0 unspecified atom stereocenters. The number of nitrogens with one attached hydrogen (secondary N) is 1. The Morgan fingerprint density at radius 2 is 2.27 bits per heavy atom. The second-order valence-electron chi connectivity index (χ2n) is 3.88. The maximum absolute atomic E-state index is 11.6. The second-order valence-corrected chi connectivity index (χ2v) is 3.88. The first kappa shape index (κ1) is 10.0. The minimum absolute atomic E-state index is 0.0383. The lowest BCUT2D eigenvalue weighted by atomic mass is 10.4. The lowest BCUT2D eigenvalue weighted by molar-refractivity contribution is 0.208. The highest BCUT2D eigenvalue weighted by molar-refractivity contribution is 5.74. The maximum Gasteiger partial charge on any atom is 0.317 e. The summed E-state index contributed by atoms with van der Waals surface area (Å²) in [5, 5.41) is 6.93. The van der Waals surface area contributed by atoms with Crippen molar-refractivity contribution in [3.05, 3.63) is 18.0 Å². The van der Waals surface area contributed by atoms with Gasteiger partial charge in [0.1, 0.15) is 0 Å². The lowest BCUT2D eigenvalue weighted by Crippen LogP contribution is -2.37. The maximum atomic E-state index is 11.6. The first-order valence-corrected chi connectivity index (χ1v) is 5.26. The Hall–Kier alpha value is -1.52. The molecule has 5 heteroatoms. The molecule has 0 atom stereocenters. The number of nitrogens with zero attached hydrogens (tertiary/aromatic N) is 3. The van der Waals surface area contributed by atoms with Crippen molar-refractivity contribution in [3.63, 3.8) is 0 Å². The van der Waals surface area contributed by atoms with Crippen LogP contribution in [0.5, 0.6) is 0 Å². The first-order valence-electron chi connectivity index (χ1n) is 5.26. The van der Waals surface area contributed by atoms with Crippen molar-refractivity contribution >= 4 is 6.03 Å². The van der Waals surface area contributed by atoms with Gasteiger partial charge in [-0.2, -0.15) is 5.10 Å². The normalized spacial score (nSPS) is 15.7. The van der Waals surface area contributed by atoms with E-state index < -0.39 is 0 Å². The van der Waals surface area contributed by atoms with Crippen LogP contribution in [0.25, 0.3) is 0 Å². The van der Waals surface area contributed by atoms with Gasteiger partial charge in [-0.1, -0.05) is 0 Å². The molecule has 2 rings (SSSR count). The molecule has 2 heterocycles. The van der Waals surface area contributed by atoms with Crippen molar-refractivity contribution in [2.45, 2.75) is 19.4 Å². The fourth-order valence-corrected chi connectivity index (χ4v) is 1.77. The average molecular weight is 208 g/mol. The standard InChI is InChI=1S/C10H16N4O/c1-13-8-9(7-12-13)6-11-10(15)14-4-2-3-5-14/h7-8H,2-6H2,1H3,(H,11,15). The van der Waals surface area contributed by atoms with Gasteiger partial charge >= 0.3 is 6.03 Å². The predicted octanol–water partition coefficient (Wildman–Crippen LogP) is 0.726. The van der Waals surface area contributed by atoms with E-state index in [0.29, 0.717) is 6.54 Å². The molecule has 1 aliphatic rings. The number of aryl methyl sites for hydroxylation is 1. The fraction of sp³-hybridized carbons (Fsp3) is 0.600. The number of urea groups is 1. The van der Waals surface area contributed by atoms with E-state index in [-0.39, 0.29) is 6.03 Å². The van der Waals surface area contributed by atoms with E-state index in [0.717, 1.165) is 31.5 Å². The third-order valence-electron chi connectivity index (χ3n) is 2.60. The van der Waals surface area contributed by atoms with Crippen LogP contribution in [-0.2, 0) is 13.6 Å². The van der Waals surface area contributed by atoms with Gasteiger partial charge < -0.3 is 10.2 Å². The van der Waals surface area contributed by atoms with Crippen molar-refractivity contribution in [1.29, 1.82) is 0 Å². The molecule has 0 saturated carbocycles. The van der Waals surface area contributed by atoms with Gasteiger partial charge in [0, 0.05) is 38.4 Å². The molecule has 82 valence electrons. The summed E-state index contributed by atoms with van der Waals surface area (Å²) in [6.45, 7) is 2.33. The largest absolute Gasteiger partial charge is 0.334 e. The van der Waals surface area contributed by atoms with Crippen molar-refractivity contribution in [2.75, 3.05) is 13.1 Å². The number of hydrogen-bond donors (Lipinski definition) is 1. The zero-order valence-corrected chi connectivity index (χ0v) is 8.94. The SMILES string of the molecule is Cn1cc(CNC(=O)N2CCCC2)cn1. The predicted molar refractivity (Wildman–Crippen MR) is 56.3 cm³/mol. The summed E-state index contributed by atoms with van der Waals surface area (Å²) in [5.74, 6) is 0. The monoisotopic (exact) mass is 208 g/mol. The summed E-state index contributed by atoms with van der Waals surface area (Å²) in [7, 11) is 1.87. The molecule has 1 saturated heterocycles. The highest BCUT2D eigenvalue weighted by atomic mass is 16.2. The number of hydrogen-bond acceptors (Lipinski definition) is 2. The Labute approximate surface area is 89.1 Å². The van der Waals surface area contributed by atoms with E-state index >= 15 is 0 Å². The molecule has 1 fully saturated rings. The minimum atomic E-state index is 0.0383. The van der Waals surface area contributed by atoms with Gasteiger partial charge in [-0.25, -0.2) is 4.79 Å². The Morgan fingerprint density at radius 3 is 2.87 bits per heavy atom. The van der Waals surface area contributed by atoms with Crippen LogP contribution in [0.15, 0.2) is 12.4 Å². The van der Waals surface area contributed by atoms with Gasteiger partial charge in [0.2, 0.25) is 0 Å². The molecule has 0 bridgehead atoms. The van der Waals surface area contributed by atoms with Crippen LogP contribution >= 0.6 is 0 Å². The zero-order chi connectivity index (χ0) is 10.7. The van der Waals surface area contributed by atoms with E-state index in [2.05, 4.69) is 10.4 Å². The van der Waals surface area contributed by atoms with E-state index in [1.807, 2.05) is 18.1 Å². The lowest BCUT2D eigenvalue weighted by Gasteiger charge is -2.15. The van der Waals surface area contributed by atoms with Crippen LogP contribution in [0.1, 0.15) is 18.4 Å². The topological polar surface area (TPSA) is 50.2 Å². The van der Waals surface area contributed by atoms with Gasteiger partial charge in [-0.15, -0.1) is 0 Å². The molecule has 15 heavy (non-hydrogen) atoms. The van der Waals surface area contributed by atoms with Gasteiger partial charge in [0.15, 0.2) is 0 Å². The van der Waals surface area contributed by atoms with Crippen LogP contribution in [0.2, 0.25) is 0 Å². The number of amides is 2. The van der Waals surface area contributed by atoms with Crippen molar-refractivity contribution in [2.24, 2.45) is 7.05 Å².